The van der Waals surface area contributed by atoms with Gasteiger partial charge >= 0.3 is 0 Å². The number of carbonyl (C=O) groups excluding carboxylic acids is 2. The van der Waals surface area contributed by atoms with E-state index in [1.54, 1.807) is 17.2 Å². The highest BCUT2D eigenvalue weighted by Gasteiger charge is 2.23. The number of carbonyl (C=O) groups is 2. The van der Waals surface area contributed by atoms with Crippen LogP contribution in [0.4, 0.5) is 5.82 Å². The Morgan fingerprint density at radius 1 is 0.915 bits per heavy atom. The van der Waals surface area contributed by atoms with E-state index in [0.717, 1.165) is 34.6 Å². The zero-order valence-corrected chi connectivity index (χ0v) is 26.0. The van der Waals surface area contributed by atoms with E-state index in [1.165, 1.54) is 12.1 Å². The molecule has 234 valence electrons. The molecule has 1 saturated heterocycles. The fourth-order valence-electron chi connectivity index (χ4n) is 5.87. The minimum Gasteiger partial charge on any atom is -0.507 e. The Hall–Kier alpha value is -5.58. The molecule has 0 radical (unpaired) electrons. The summed E-state index contributed by atoms with van der Waals surface area (Å²) in [4.78, 5) is 42.3. The molecule has 6 aromatic rings. The topological polar surface area (TPSA) is 130 Å². The van der Waals surface area contributed by atoms with Gasteiger partial charge in [0.2, 0.25) is 0 Å². The molecular formula is C36H30ClN7O3. The molecule has 3 N–H and O–H groups in total. The van der Waals surface area contributed by atoms with Crippen molar-refractivity contribution in [1.29, 1.82) is 0 Å². The highest BCUT2D eigenvalue weighted by atomic mass is 35.5. The van der Waals surface area contributed by atoms with Crippen molar-refractivity contribution >= 4 is 40.8 Å². The lowest BCUT2D eigenvalue weighted by molar-refractivity contribution is 0.0628. The number of aromatic nitrogens is 4. The highest BCUT2D eigenvalue weighted by molar-refractivity contribution is 6.30. The van der Waals surface area contributed by atoms with Crippen molar-refractivity contribution in [3.8, 4) is 34.1 Å². The first-order valence-electron chi connectivity index (χ1n) is 15.1. The Morgan fingerprint density at radius 3 is 2.45 bits per heavy atom. The van der Waals surface area contributed by atoms with Crippen LogP contribution in [0.1, 0.15) is 26.3 Å². The molecule has 0 unspecified atom stereocenters. The van der Waals surface area contributed by atoms with Crippen molar-refractivity contribution in [2.24, 2.45) is 0 Å². The van der Waals surface area contributed by atoms with Gasteiger partial charge in [-0.1, -0.05) is 35.9 Å². The predicted octanol–water partition coefficient (Wildman–Crippen LogP) is 5.86. The van der Waals surface area contributed by atoms with E-state index >= 15 is 0 Å². The van der Waals surface area contributed by atoms with E-state index in [1.807, 2.05) is 53.1 Å². The second kappa shape index (κ2) is 12.7. The number of hydrogen-bond donors (Lipinski definition) is 2. The van der Waals surface area contributed by atoms with Crippen LogP contribution in [-0.2, 0) is 6.54 Å². The van der Waals surface area contributed by atoms with Crippen molar-refractivity contribution < 1.29 is 14.7 Å². The quantitative estimate of drug-likeness (QED) is 0.207. The number of phenolic OH excluding ortho intramolecular Hbond substituents is 1. The number of amides is 1. The number of fused-ring (bicyclic) bond motifs is 1. The fourth-order valence-corrected chi connectivity index (χ4v) is 6.06. The summed E-state index contributed by atoms with van der Waals surface area (Å²) in [6.45, 7) is 3.26. The molecule has 4 heterocycles. The number of aromatic hydroxyl groups is 1. The molecule has 3 aromatic carbocycles. The summed E-state index contributed by atoms with van der Waals surface area (Å²) < 4.78 is 2.00. The smallest absolute Gasteiger partial charge is 0.254 e. The van der Waals surface area contributed by atoms with Crippen LogP contribution < -0.4 is 5.73 Å². The van der Waals surface area contributed by atoms with Crippen LogP contribution in [0.15, 0.2) is 97.2 Å². The second-order valence-electron chi connectivity index (χ2n) is 11.4. The van der Waals surface area contributed by atoms with Crippen molar-refractivity contribution in [2.75, 3.05) is 31.9 Å². The molecule has 1 amide bonds. The van der Waals surface area contributed by atoms with E-state index in [9.17, 15) is 14.7 Å². The summed E-state index contributed by atoms with van der Waals surface area (Å²) in [6.07, 6.45) is 2.22. The number of phenols is 1. The largest absolute Gasteiger partial charge is 0.507 e. The maximum absolute atomic E-state index is 13.0. The van der Waals surface area contributed by atoms with E-state index in [4.69, 9.17) is 27.3 Å². The molecule has 1 aliphatic rings. The number of rotatable bonds is 7. The van der Waals surface area contributed by atoms with Crippen LogP contribution in [0, 0.1) is 0 Å². The lowest BCUT2D eigenvalue weighted by atomic mass is 10.1. The number of benzene rings is 3. The average molecular weight is 644 g/mol. The molecule has 0 aliphatic carbocycles. The van der Waals surface area contributed by atoms with Crippen molar-refractivity contribution in [2.45, 2.75) is 6.54 Å². The van der Waals surface area contributed by atoms with Gasteiger partial charge in [-0.05, 0) is 72.3 Å². The maximum atomic E-state index is 13.0. The first-order valence-corrected chi connectivity index (χ1v) is 15.5. The second-order valence-corrected chi connectivity index (χ2v) is 11.8. The molecule has 7 rings (SSSR count). The first-order chi connectivity index (χ1) is 22.9. The third-order valence-electron chi connectivity index (χ3n) is 8.37. The third kappa shape index (κ3) is 6.04. The van der Waals surface area contributed by atoms with Crippen LogP contribution >= 0.6 is 11.6 Å². The average Bonchev–Trinajstić information content (AvgIpc) is 3.47. The van der Waals surface area contributed by atoms with Gasteiger partial charge in [0.25, 0.3) is 5.91 Å². The molecule has 0 bridgehead atoms. The summed E-state index contributed by atoms with van der Waals surface area (Å²) in [6, 6.07) is 27.9. The molecule has 0 spiro atoms. The van der Waals surface area contributed by atoms with Gasteiger partial charge in [0.1, 0.15) is 17.1 Å². The Labute approximate surface area is 275 Å². The summed E-state index contributed by atoms with van der Waals surface area (Å²) in [5.41, 5.74) is 12.6. The molecule has 47 heavy (non-hydrogen) atoms. The molecule has 10 nitrogen and oxygen atoms in total. The van der Waals surface area contributed by atoms with Gasteiger partial charge in [0.15, 0.2) is 17.8 Å². The summed E-state index contributed by atoms with van der Waals surface area (Å²) in [5.74, 6) is 0.670. The Kier molecular flexibility index (Phi) is 8.11. The number of nitrogens with zero attached hydrogens (tertiary/aromatic N) is 6. The number of nitrogens with two attached hydrogens (primary N) is 1. The monoisotopic (exact) mass is 643 g/mol. The lowest BCUT2D eigenvalue weighted by Crippen LogP contribution is -2.48. The number of anilines is 1. The lowest BCUT2D eigenvalue weighted by Gasteiger charge is -2.34. The first kappa shape index (κ1) is 30.1. The normalized spacial score (nSPS) is 13.6. The number of imidazole rings is 1. The van der Waals surface area contributed by atoms with Gasteiger partial charge in [0.05, 0.1) is 16.8 Å². The number of nitrogen functional groups attached to an aromatic ring is 1. The molecule has 0 saturated carbocycles. The van der Waals surface area contributed by atoms with Crippen LogP contribution in [0.2, 0.25) is 5.02 Å². The Bertz CT molecular complexity index is 2120. The van der Waals surface area contributed by atoms with Crippen molar-refractivity contribution in [1.82, 2.24) is 29.3 Å². The SMILES string of the molecule is Nc1ncccc1-c1nc2ccc(-c3cccc(Cl)c3)nc2n1-c1ccc(CN2CCN(C(=O)c3ccc(C=O)c(O)c3)CC2)cc1. The summed E-state index contributed by atoms with van der Waals surface area (Å²) in [7, 11) is 0. The maximum Gasteiger partial charge on any atom is 0.254 e. The summed E-state index contributed by atoms with van der Waals surface area (Å²) >= 11 is 6.28. The van der Waals surface area contributed by atoms with Crippen molar-refractivity contribution in [3.05, 3.63) is 119 Å². The molecule has 11 heteroatoms. The highest BCUT2D eigenvalue weighted by Crippen LogP contribution is 2.32. The van der Waals surface area contributed by atoms with Gasteiger partial charge in [-0.15, -0.1) is 0 Å². The van der Waals surface area contributed by atoms with Gasteiger partial charge in [-0.25, -0.2) is 15.0 Å². The van der Waals surface area contributed by atoms with Crippen molar-refractivity contribution in [3.63, 3.8) is 0 Å². The molecular weight excluding hydrogens is 614 g/mol. The fraction of sp³-hybridized carbons (Fsp3) is 0.139. The van der Waals surface area contributed by atoms with E-state index < -0.39 is 0 Å². The van der Waals surface area contributed by atoms with Crippen LogP contribution in [0.3, 0.4) is 0 Å². The number of pyridine rings is 2. The van der Waals surface area contributed by atoms with E-state index in [-0.39, 0.29) is 17.2 Å². The predicted molar refractivity (Wildman–Crippen MR) is 182 cm³/mol. The zero-order chi connectivity index (χ0) is 32.5. The van der Waals surface area contributed by atoms with Crippen LogP contribution in [0.25, 0.3) is 39.5 Å². The Balaban J connectivity index is 1.13. The van der Waals surface area contributed by atoms with Gasteiger partial charge in [0, 0.05) is 60.8 Å². The Morgan fingerprint density at radius 2 is 1.72 bits per heavy atom. The summed E-state index contributed by atoms with van der Waals surface area (Å²) in [5, 5.41) is 10.6. The van der Waals surface area contributed by atoms with Crippen LogP contribution in [-0.4, -0.2) is 72.8 Å². The van der Waals surface area contributed by atoms with Crippen LogP contribution in [0.5, 0.6) is 5.75 Å². The number of aldehydes is 1. The van der Waals surface area contributed by atoms with Gasteiger partial charge < -0.3 is 15.7 Å². The number of hydrogen-bond acceptors (Lipinski definition) is 8. The molecule has 1 aliphatic heterocycles. The zero-order valence-electron chi connectivity index (χ0n) is 25.3. The molecule has 3 aromatic heterocycles. The standard InChI is InChI=1S/C36H30ClN7O3/c37-27-4-1-3-24(19-27)30-12-13-31-35(40-30)44(34(41-31)29-5-2-14-39-33(29)38)28-10-6-23(7-11-28)21-42-15-17-43(18-16-42)36(47)25-8-9-26(22-45)32(46)20-25/h1-14,19-20,22,46H,15-18,21H2,(H2,38,39). The third-order valence-corrected chi connectivity index (χ3v) is 8.60. The number of piperazine rings is 1. The van der Waals surface area contributed by atoms with E-state index in [0.29, 0.717) is 65.9 Å². The minimum absolute atomic E-state index is 0.161. The minimum atomic E-state index is -0.190. The van der Waals surface area contributed by atoms with Gasteiger partial charge in [-0.3, -0.25) is 19.1 Å². The van der Waals surface area contributed by atoms with Gasteiger partial charge in [-0.2, -0.15) is 0 Å². The van der Waals surface area contributed by atoms with E-state index in [2.05, 4.69) is 34.1 Å². The molecule has 1 fully saturated rings. The number of halogens is 1. The molecule has 0 atom stereocenters.